The van der Waals surface area contributed by atoms with E-state index in [4.69, 9.17) is 5.26 Å². The highest BCUT2D eigenvalue weighted by atomic mass is 32.2. The third-order valence-corrected chi connectivity index (χ3v) is 9.95. The predicted molar refractivity (Wildman–Crippen MR) is 166 cm³/mol. The largest absolute Gasteiger partial charge is 0.339 e. The standard InChI is InChI=1S/C32H40N6O2S/c1-22-4-9-27(31(39)38-16-14-26(15-17-38)25-10-7-23(20-33)8-11-25)18-30(22)35-32(40)34-28-12-13-29(19-28)36-41(37(2)3)21-24-5-6-24/h4,7-11,18,26,28-29,36H,5-6,12-17,19H2,1-3H3,(H2,34,35,40)/t28-,29?,41?/m0/s1. The molecule has 2 aliphatic carbocycles. The number of carbonyl (C=O) groups is 2. The van der Waals surface area contributed by atoms with Gasteiger partial charge in [-0.3, -0.25) is 4.79 Å². The number of likely N-dealkylation sites (tertiary alicyclic amines) is 1. The van der Waals surface area contributed by atoms with Crippen molar-refractivity contribution in [2.24, 2.45) is 0 Å². The average Bonchev–Trinajstić information content (AvgIpc) is 3.70. The Bertz CT molecular complexity index is 1390. The molecule has 3 amide bonds. The number of piperidine rings is 1. The Hall–Kier alpha value is -3.41. The van der Waals surface area contributed by atoms with Gasteiger partial charge < -0.3 is 15.5 Å². The first-order valence-electron chi connectivity index (χ1n) is 14.6. The van der Waals surface area contributed by atoms with Crippen molar-refractivity contribution in [3.05, 3.63) is 70.3 Å². The number of amides is 3. The van der Waals surface area contributed by atoms with Crippen molar-refractivity contribution in [2.75, 3.05) is 32.5 Å². The molecule has 2 saturated carbocycles. The minimum atomic E-state index is -0.232. The highest BCUT2D eigenvalue weighted by Crippen LogP contribution is 2.30. The Kier molecular flexibility index (Phi) is 9.26. The molecule has 216 valence electrons. The third-order valence-electron chi connectivity index (χ3n) is 8.18. The van der Waals surface area contributed by atoms with Crippen molar-refractivity contribution in [3.8, 4) is 6.07 Å². The second-order valence-electron chi connectivity index (χ2n) is 11.6. The van der Waals surface area contributed by atoms with Gasteiger partial charge in [-0.05, 0) is 124 Å². The number of urea groups is 1. The van der Waals surface area contributed by atoms with Crippen LogP contribution in [0.25, 0.3) is 0 Å². The quantitative estimate of drug-likeness (QED) is 0.391. The molecule has 3 atom stereocenters. The lowest BCUT2D eigenvalue weighted by Crippen LogP contribution is -2.38. The zero-order valence-electron chi connectivity index (χ0n) is 24.2. The molecule has 0 radical (unpaired) electrons. The van der Waals surface area contributed by atoms with Crippen molar-refractivity contribution in [3.63, 3.8) is 0 Å². The number of nitrogens with zero attached hydrogens (tertiary/aromatic N) is 3. The summed E-state index contributed by atoms with van der Waals surface area (Å²) in [5.41, 5.74) is 5.46. The summed E-state index contributed by atoms with van der Waals surface area (Å²) in [6, 6.07) is 15.7. The smallest absolute Gasteiger partial charge is 0.319 e. The lowest BCUT2D eigenvalue weighted by molar-refractivity contribution is 0.0713. The third kappa shape index (κ3) is 7.66. The molecule has 1 heterocycles. The van der Waals surface area contributed by atoms with Gasteiger partial charge in [0, 0.05) is 36.4 Å². The first kappa shape index (κ1) is 29.1. The molecular weight excluding hydrogens is 532 g/mol. The molecule has 8 nitrogen and oxygen atoms in total. The lowest BCUT2D eigenvalue weighted by atomic mass is 9.89. The van der Waals surface area contributed by atoms with E-state index in [0.717, 1.165) is 37.7 Å². The number of benzene rings is 2. The maximum absolute atomic E-state index is 13.3. The zero-order chi connectivity index (χ0) is 28.9. The zero-order valence-corrected chi connectivity index (χ0v) is 25.0. The van der Waals surface area contributed by atoms with E-state index in [1.54, 1.807) is 6.07 Å². The van der Waals surface area contributed by atoms with Crippen molar-refractivity contribution in [1.82, 2.24) is 19.2 Å². The van der Waals surface area contributed by atoms with Crippen LogP contribution < -0.4 is 15.4 Å². The molecule has 3 N–H and O–H groups in total. The minimum absolute atomic E-state index is 0.00862. The van der Waals surface area contributed by atoms with Crippen molar-refractivity contribution in [2.45, 2.75) is 69.9 Å². The van der Waals surface area contributed by atoms with Gasteiger partial charge in [0.1, 0.15) is 0 Å². The molecular formula is C32H40N6O2S. The van der Waals surface area contributed by atoms with Crippen LogP contribution in [0, 0.1) is 18.3 Å². The molecule has 9 heteroatoms. The van der Waals surface area contributed by atoms with Crippen molar-refractivity contribution >= 4 is 33.5 Å². The molecule has 1 aliphatic heterocycles. The Labute approximate surface area is 246 Å². The Morgan fingerprint density at radius 3 is 2.37 bits per heavy atom. The van der Waals surface area contributed by atoms with Crippen molar-refractivity contribution in [1.29, 1.82) is 5.26 Å². The van der Waals surface area contributed by atoms with Crippen LogP contribution in [0.5, 0.6) is 0 Å². The fourth-order valence-electron chi connectivity index (χ4n) is 5.57. The fraction of sp³-hybridized carbons (Fsp3) is 0.469. The number of hydrogen-bond donors (Lipinski definition) is 3. The number of nitrogens with one attached hydrogen (secondary N) is 3. The highest BCUT2D eigenvalue weighted by molar-refractivity contribution is 8.10. The second-order valence-corrected chi connectivity index (χ2v) is 13.3. The number of carbonyl (C=O) groups excluding carboxylic acids is 2. The minimum Gasteiger partial charge on any atom is -0.339 e. The van der Waals surface area contributed by atoms with Gasteiger partial charge in [0.2, 0.25) is 0 Å². The van der Waals surface area contributed by atoms with E-state index in [-0.39, 0.29) is 28.8 Å². The monoisotopic (exact) mass is 572 g/mol. The van der Waals surface area contributed by atoms with Crippen LogP contribution in [0.1, 0.15) is 77.9 Å². The van der Waals surface area contributed by atoms with Crippen LogP contribution in [-0.2, 0) is 0 Å². The maximum atomic E-state index is 13.3. The predicted octanol–water partition coefficient (Wildman–Crippen LogP) is 5.30. The first-order chi connectivity index (χ1) is 19.8. The van der Waals surface area contributed by atoms with Crippen LogP contribution in [0.4, 0.5) is 10.5 Å². The average molecular weight is 573 g/mol. The Morgan fingerprint density at radius 2 is 1.71 bits per heavy atom. The van der Waals surface area contributed by atoms with E-state index < -0.39 is 0 Å². The number of anilines is 1. The molecule has 2 aromatic rings. The van der Waals surface area contributed by atoms with E-state index in [0.29, 0.717) is 41.9 Å². The van der Waals surface area contributed by atoms with Crippen LogP contribution in [0.15, 0.2) is 48.0 Å². The van der Waals surface area contributed by atoms with Gasteiger partial charge in [0.15, 0.2) is 0 Å². The van der Waals surface area contributed by atoms with Crippen LogP contribution in [0.2, 0.25) is 0 Å². The summed E-state index contributed by atoms with van der Waals surface area (Å²) in [6.45, 7) is 3.30. The van der Waals surface area contributed by atoms with Gasteiger partial charge in [-0.25, -0.2) is 13.8 Å². The molecule has 5 rings (SSSR count). The van der Waals surface area contributed by atoms with Crippen LogP contribution >= 0.6 is 10.9 Å². The molecule has 1 saturated heterocycles. The summed E-state index contributed by atoms with van der Waals surface area (Å²) in [7, 11) is 3.95. The number of hydrogen-bond acceptors (Lipinski definition) is 5. The second kappa shape index (κ2) is 13.1. The molecule has 3 fully saturated rings. The molecule has 2 unspecified atom stereocenters. The number of nitriles is 1. The number of rotatable bonds is 7. The van der Waals surface area contributed by atoms with E-state index >= 15 is 0 Å². The van der Waals surface area contributed by atoms with Gasteiger partial charge in [-0.15, -0.1) is 0 Å². The first-order valence-corrected chi connectivity index (χ1v) is 15.7. The normalized spacial score (nSPS) is 21.2. The van der Waals surface area contributed by atoms with E-state index in [2.05, 4.69) is 44.8 Å². The summed E-state index contributed by atoms with van der Waals surface area (Å²) >= 11 is 0. The van der Waals surface area contributed by atoms with Crippen molar-refractivity contribution < 1.29 is 9.59 Å². The maximum Gasteiger partial charge on any atom is 0.319 e. The molecule has 0 spiro atoms. The van der Waals surface area contributed by atoms with Gasteiger partial charge in [0.05, 0.1) is 11.6 Å². The van der Waals surface area contributed by atoms with E-state index in [9.17, 15) is 9.59 Å². The number of aryl methyl sites for hydroxylation is 1. The summed E-state index contributed by atoms with van der Waals surface area (Å²) in [4.78, 5) is 28.2. The molecule has 2 aromatic carbocycles. The molecule has 3 aliphatic rings. The molecule has 41 heavy (non-hydrogen) atoms. The lowest BCUT2D eigenvalue weighted by Gasteiger charge is -2.32. The van der Waals surface area contributed by atoms with E-state index in [1.165, 1.54) is 24.0 Å². The Balaban J connectivity index is 1.13. The van der Waals surface area contributed by atoms with Gasteiger partial charge in [-0.1, -0.05) is 23.2 Å². The summed E-state index contributed by atoms with van der Waals surface area (Å²) in [5, 5.41) is 18.8. The fourth-order valence-corrected chi connectivity index (χ4v) is 7.03. The molecule has 0 aromatic heterocycles. The topological polar surface area (TPSA) is 100 Å². The summed E-state index contributed by atoms with van der Waals surface area (Å²) < 4.78 is 5.89. The van der Waals surface area contributed by atoms with Gasteiger partial charge >= 0.3 is 6.03 Å². The Morgan fingerprint density at radius 1 is 1.00 bits per heavy atom. The van der Waals surface area contributed by atoms with Crippen LogP contribution in [-0.4, -0.2) is 65.4 Å². The SMILES string of the molecule is Cc1ccc(C(=O)N2CCC(c3ccc(C#N)cc3)CC2)cc1NC(=O)N[C@H]1CCC(NS(=C=C2CC2)N(C)C)C1. The number of allylic oxidation sites excluding steroid dienone is 1. The summed E-state index contributed by atoms with van der Waals surface area (Å²) in [5.74, 6) is 0.379. The summed E-state index contributed by atoms with van der Waals surface area (Å²) in [6.07, 6.45) is 6.94. The van der Waals surface area contributed by atoms with Gasteiger partial charge in [-0.2, -0.15) is 5.26 Å². The van der Waals surface area contributed by atoms with Crippen LogP contribution in [0.3, 0.4) is 0 Å². The molecule has 0 bridgehead atoms. The van der Waals surface area contributed by atoms with Gasteiger partial charge in [0.25, 0.3) is 5.91 Å². The van der Waals surface area contributed by atoms with E-state index in [1.807, 2.05) is 48.2 Å². The highest BCUT2D eigenvalue weighted by Gasteiger charge is 2.28.